The number of nitrogens with zero attached hydrogens (tertiary/aromatic N) is 3. The Bertz CT molecular complexity index is 1400. The highest BCUT2D eigenvalue weighted by Gasteiger charge is 2.44. The van der Waals surface area contributed by atoms with Crippen LogP contribution < -0.4 is 19.1 Å². The SMILES string of the molecule is COc1cccc(C(=O)N(CCc2ccc(OC)c(OC)c2)C2CC(=O)N(c3ccc(C#N)cc3)C2=O)c1. The zero-order chi connectivity index (χ0) is 27.2. The number of hydrogen-bond donors (Lipinski definition) is 0. The Morgan fingerprint density at radius 2 is 1.71 bits per heavy atom. The molecule has 1 saturated heterocycles. The zero-order valence-electron chi connectivity index (χ0n) is 21.3. The van der Waals surface area contributed by atoms with Gasteiger partial charge in [0.15, 0.2) is 11.5 Å². The van der Waals surface area contributed by atoms with Crippen molar-refractivity contribution in [1.82, 2.24) is 4.90 Å². The number of rotatable bonds is 9. The standard InChI is InChI=1S/C29H27N3O6/c1-36-23-6-4-5-21(16-23)28(34)31(14-13-19-9-12-25(37-2)26(15-19)38-3)24-17-27(33)32(29(24)35)22-10-7-20(18-30)8-11-22/h4-12,15-16,24H,13-14,17H2,1-3H3. The Labute approximate surface area is 220 Å². The fourth-order valence-electron chi connectivity index (χ4n) is 4.42. The van der Waals surface area contributed by atoms with Crippen molar-refractivity contribution in [2.75, 3.05) is 32.8 Å². The van der Waals surface area contributed by atoms with Crippen LogP contribution in [0.2, 0.25) is 0 Å². The molecule has 0 bridgehead atoms. The van der Waals surface area contributed by atoms with Gasteiger partial charge in [-0.25, -0.2) is 4.90 Å². The topological polar surface area (TPSA) is 109 Å². The maximum atomic E-state index is 13.7. The van der Waals surface area contributed by atoms with Crippen LogP contribution in [-0.2, 0) is 16.0 Å². The largest absolute Gasteiger partial charge is 0.497 e. The van der Waals surface area contributed by atoms with Crippen LogP contribution in [0.3, 0.4) is 0 Å². The summed E-state index contributed by atoms with van der Waals surface area (Å²) in [5.41, 5.74) is 1.98. The lowest BCUT2D eigenvalue weighted by Gasteiger charge is -2.28. The van der Waals surface area contributed by atoms with E-state index in [1.807, 2.05) is 18.2 Å². The number of imide groups is 1. The molecule has 0 aliphatic carbocycles. The molecule has 0 radical (unpaired) electrons. The third-order valence-corrected chi connectivity index (χ3v) is 6.42. The van der Waals surface area contributed by atoms with E-state index in [9.17, 15) is 14.4 Å². The maximum absolute atomic E-state index is 13.7. The molecule has 4 rings (SSSR count). The second-order valence-electron chi connectivity index (χ2n) is 8.62. The molecule has 0 saturated carbocycles. The predicted molar refractivity (Wildman–Crippen MR) is 139 cm³/mol. The second-order valence-corrected chi connectivity index (χ2v) is 8.62. The Balaban J connectivity index is 1.65. The number of hydrogen-bond acceptors (Lipinski definition) is 7. The summed E-state index contributed by atoms with van der Waals surface area (Å²) in [6.07, 6.45) is 0.255. The molecule has 1 aliphatic rings. The fraction of sp³-hybridized carbons (Fsp3) is 0.241. The first-order valence-corrected chi connectivity index (χ1v) is 11.9. The fourth-order valence-corrected chi connectivity index (χ4v) is 4.42. The summed E-state index contributed by atoms with van der Waals surface area (Å²) >= 11 is 0. The van der Waals surface area contributed by atoms with Gasteiger partial charge in [-0.3, -0.25) is 14.4 Å². The molecule has 194 valence electrons. The molecule has 3 aromatic carbocycles. The van der Waals surface area contributed by atoms with Gasteiger partial charge in [-0.15, -0.1) is 0 Å². The minimum atomic E-state index is -0.989. The molecule has 0 spiro atoms. The van der Waals surface area contributed by atoms with E-state index in [0.717, 1.165) is 10.5 Å². The molecule has 0 aromatic heterocycles. The van der Waals surface area contributed by atoms with Crippen molar-refractivity contribution in [3.8, 4) is 23.3 Å². The van der Waals surface area contributed by atoms with Crippen molar-refractivity contribution >= 4 is 23.4 Å². The molecule has 3 aromatic rings. The summed E-state index contributed by atoms with van der Waals surface area (Å²) in [6.45, 7) is 0.177. The minimum absolute atomic E-state index is 0.152. The van der Waals surface area contributed by atoms with Crippen LogP contribution in [0, 0.1) is 11.3 Å². The number of methoxy groups -OCH3 is 3. The lowest BCUT2D eigenvalue weighted by atomic mass is 10.1. The van der Waals surface area contributed by atoms with Crippen LogP contribution >= 0.6 is 0 Å². The average molecular weight is 514 g/mol. The van der Waals surface area contributed by atoms with Gasteiger partial charge in [0.2, 0.25) is 5.91 Å². The van der Waals surface area contributed by atoms with Crippen LogP contribution in [0.5, 0.6) is 17.2 Å². The lowest BCUT2D eigenvalue weighted by molar-refractivity contribution is -0.122. The number of benzene rings is 3. The van der Waals surface area contributed by atoms with Gasteiger partial charge in [-0.05, 0) is 66.6 Å². The highest BCUT2D eigenvalue weighted by Crippen LogP contribution is 2.30. The average Bonchev–Trinajstić information content (AvgIpc) is 3.25. The predicted octanol–water partition coefficient (Wildman–Crippen LogP) is 3.60. The van der Waals surface area contributed by atoms with Gasteiger partial charge in [0.05, 0.1) is 45.1 Å². The van der Waals surface area contributed by atoms with Crippen molar-refractivity contribution in [2.45, 2.75) is 18.9 Å². The van der Waals surface area contributed by atoms with Gasteiger partial charge < -0.3 is 19.1 Å². The zero-order valence-corrected chi connectivity index (χ0v) is 21.3. The number of carbonyl (C=O) groups excluding carboxylic acids is 3. The molecule has 1 fully saturated rings. The first kappa shape index (κ1) is 26.2. The minimum Gasteiger partial charge on any atom is -0.497 e. The first-order chi connectivity index (χ1) is 18.4. The van der Waals surface area contributed by atoms with E-state index in [1.165, 1.54) is 12.0 Å². The normalized spacial score (nSPS) is 14.7. The van der Waals surface area contributed by atoms with E-state index in [4.69, 9.17) is 19.5 Å². The molecular formula is C29H27N3O6. The molecule has 0 N–H and O–H groups in total. The molecule has 3 amide bonds. The molecule has 1 atom stereocenters. The van der Waals surface area contributed by atoms with Crippen molar-refractivity contribution in [2.24, 2.45) is 0 Å². The molecule has 1 aliphatic heterocycles. The lowest BCUT2D eigenvalue weighted by Crippen LogP contribution is -2.46. The summed E-state index contributed by atoms with van der Waals surface area (Å²) < 4.78 is 16.0. The van der Waals surface area contributed by atoms with E-state index >= 15 is 0 Å². The summed E-state index contributed by atoms with van der Waals surface area (Å²) in [5.74, 6) is 0.327. The van der Waals surface area contributed by atoms with Gasteiger partial charge in [-0.1, -0.05) is 12.1 Å². The van der Waals surface area contributed by atoms with Crippen LogP contribution in [0.15, 0.2) is 66.7 Å². The Morgan fingerprint density at radius 1 is 0.974 bits per heavy atom. The van der Waals surface area contributed by atoms with Crippen LogP contribution in [0.1, 0.15) is 27.9 Å². The van der Waals surface area contributed by atoms with Crippen molar-refractivity contribution in [3.05, 3.63) is 83.4 Å². The molecular weight excluding hydrogens is 486 g/mol. The summed E-state index contributed by atoms with van der Waals surface area (Å²) in [6, 6.07) is 19.3. The monoisotopic (exact) mass is 513 g/mol. The van der Waals surface area contributed by atoms with Gasteiger partial charge in [0.25, 0.3) is 11.8 Å². The molecule has 9 heteroatoms. The molecule has 1 unspecified atom stereocenters. The molecule has 1 heterocycles. The van der Waals surface area contributed by atoms with E-state index in [1.54, 1.807) is 68.8 Å². The summed E-state index contributed by atoms with van der Waals surface area (Å²) in [4.78, 5) is 42.8. The molecule has 38 heavy (non-hydrogen) atoms. The summed E-state index contributed by atoms with van der Waals surface area (Å²) in [7, 11) is 4.60. The first-order valence-electron chi connectivity index (χ1n) is 11.9. The highest BCUT2D eigenvalue weighted by molar-refractivity contribution is 6.23. The molecule has 9 nitrogen and oxygen atoms in total. The van der Waals surface area contributed by atoms with Crippen LogP contribution in [0.4, 0.5) is 5.69 Å². The number of ether oxygens (including phenoxy) is 3. The van der Waals surface area contributed by atoms with E-state index in [-0.39, 0.29) is 13.0 Å². The van der Waals surface area contributed by atoms with Crippen molar-refractivity contribution in [3.63, 3.8) is 0 Å². The number of nitriles is 1. The van der Waals surface area contributed by atoms with Gasteiger partial charge >= 0.3 is 0 Å². The smallest absolute Gasteiger partial charge is 0.257 e. The third-order valence-electron chi connectivity index (χ3n) is 6.42. The Morgan fingerprint density at radius 3 is 2.37 bits per heavy atom. The number of anilines is 1. The van der Waals surface area contributed by atoms with E-state index in [2.05, 4.69) is 0 Å². The maximum Gasteiger partial charge on any atom is 0.257 e. The number of carbonyl (C=O) groups is 3. The highest BCUT2D eigenvalue weighted by atomic mass is 16.5. The third kappa shape index (κ3) is 5.30. The van der Waals surface area contributed by atoms with Crippen molar-refractivity contribution in [1.29, 1.82) is 5.26 Å². The quantitative estimate of drug-likeness (QED) is 0.402. The van der Waals surface area contributed by atoms with Gasteiger partial charge in [0.1, 0.15) is 11.8 Å². The Kier molecular flexibility index (Phi) is 7.92. The van der Waals surface area contributed by atoms with Crippen LogP contribution in [0.25, 0.3) is 0 Å². The van der Waals surface area contributed by atoms with Gasteiger partial charge in [-0.2, -0.15) is 5.26 Å². The van der Waals surface area contributed by atoms with E-state index < -0.39 is 23.8 Å². The van der Waals surface area contributed by atoms with Gasteiger partial charge in [0, 0.05) is 12.1 Å². The van der Waals surface area contributed by atoms with Crippen LogP contribution in [-0.4, -0.2) is 56.5 Å². The summed E-state index contributed by atoms with van der Waals surface area (Å²) in [5, 5.41) is 9.07. The number of amides is 3. The van der Waals surface area contributed by atoms with Crippen molar-refractivity contribution < 1.29 is 28.6 Å². The van der Waals surface area contributed by atoms with E-state index in [0.29, 0.717) is 40.5 Å². The Hall–Kier alpha value is -4.84. The second kappa shape index (κ2) is 11.5.